The summed E-state index contributed by atoms with van der Waals surface area (Å²) >= 11 is 0. The van der Waals surface area contributed by atoms with Gasteiger partial charge in [-0.15, -0.1) is 0 Å². The van der Waals surface area contributed by atoms with Gasteiger partial charge in [-0.1, -0.05) is 96.3 Å². The molecule has 0 aromatic rings. The zero-order valence-corrected chi connectivity index (χ0v) is 14.1. The lowest BCUT2D eigenvalue weighted by atomic mass is 9.84. The van der Waals surface area contributed by atoms with Gasteiger partial charge in [-0.3, -0.25) is 0 Å². The van der Waals surface area contributed by atoms with Crippen LogP contribution in [0.5, 0.6) is 0 Å². The summed E-state index contributed by atoms with van der Waals surface area (Å²) in [6.45, 7) is 0. The van der Waals surface area contributed by atoms with Crippen molar-refractivity contribution >= 4 is 0 Å². The van der Waals surface area contributed by atoms with Gasteiger partial charge in [0.25, 0.3) is 0 Å². The molecular weight excluding hydrogens is 259 g/mol. The summed E-state index contributed by atoms with van der Waals surface area (Å²) in [4.78, 5) is 0. The minimum Gasteiger partial charge on any atom is -0.247 e. The summed E-state index contributed by atoms with van der Waals surface area (Å²) in [5.74, 6) is 1.74. The second kappa shape index (κ2) is 10.6. The molecule has 0 N–H and O–H groups in total. The number of alkyl halides is 1. The van der Waals surface area contributed by atoms with E-state index in [9.17, 15) is 4.39 Å². The Morgan fingerprint density at radius 2 is 1.24 bits per heavy atom. The molecule has 124 valence electrons. The first-order valence-corrected chi connectivity index (χ1v) is 9.98. The van der Waals surface area contributed by atoms with E-state index in [1.54, 1.807) is 0 Å². The smallest absolute Gasteiger partial charge is 0.100 e. The highest BCUT2D eigenvalue weighted by molar-refractivity contribution is 4.70. The van der Waals surface area contributed by atoms with E-state index in [4.69, 9.17) is 0 Å². The van der Waals surface area contributed by atoms with E-state index in [-0.39, 0.29) is 0 Å². The molecule has 2 aliphatic rings. The lowest BCUT2D eigenvalue weighted by Crippen LogP contribution is -2.13. The van der Waals surface area contributed by atoms with Gasteiger partial charge in [0, 0.05) is 0 Å². The second-order valence-electron chi connectivity index (χ2n) is 7.83. The van der Waals surface area contributed by atoms with E-state index in [1.165, 1.54) is 89.9 Å². The van der Waals surface area contributed by atoms with Crippen molar-refractivity contribution in [2.75, 3.05) is 0 Å². The van der Waals surface area contributed by atoms with Gasteiger partial charge in [0.05, 0.1) is 0 Å². The minimum atomic E-state index is -0.508. The molecule has 0 nitrogen and oxygen atoms in total. The summed E-state index contributed by atoms with van der Waals surface area (Å²) in [6.07, 6.45) is 21.8. The van der Waals surface area contributed by atoms with Gasteiger partial charge in [-0.05, 0) is 24.7 Å². The fourth-order valence-corrected chi connectivity index (χ4v) is 4.53. The molecule has 0 amide bonds. The molecule has 0 aromatic heterocycles. The van der Waals surface area contributed by atoms with Gasteiger partial charge in [0.1, 0.15) is 6.17 Å². The topological polar surface area (TPSA) is 0 Å². The monoisotopic (exact) mass is 296 g/mol. The lowest BCUT2D eigenvalue weighted by Gasteiger charge is -2.23. The summed E-state index contributed by atoms with van der Waals surface area (Å²) in [5, 5.41) is 0. The van der Waals surface area contributed by atoms with E-state index in [0.717, 1.165) is 25.2 Å². The van der Waals surface area contributed by atoms with Gasteiger partial charge in [0.2, 0.25) is 0 Å². The Bertz CT molecular complexity index is 238. The Morgan fingerprint density at radius 1 is 0.667 bits per heavy atom. The van der Waals surface area contributed by atoms with Crippen molar-refractivity contribution in [2.45, 2.75) is 115 Å². The van der Waals surface area contributed by atoms with Gasteiger partial charge in [0.15, 0.2) is 0 Å². The molecule has 1 heteroatoms. The Balaban J connectivity index is 1.40. The Hall–Kier alpha value is -0.0700. The van der Waals surface area contributed by atoms with Crippen LogP contribution >= 0.6 is 0 Å². The maximum Gasteiger partial charge on any atom is 0.100 e. The van der Waals surface area contributed by atoms with E-state index in [1.807, 2.05) is 0 Å². The van der Waals surface area contributed by atoms with Crippen molar-refractivity contribution in [2.24, 2.45) is 11.8 Å². The molecule has 2 aliphatic carbocycles. The highest BCUT2D eigenvalue weighted by atomic mass is 19.1. The number of hydrogen-bond donors (Lipinski definition) is 0. The fourth-order valence-electron chi connectivity index (χ4n) is 4.53. The molecule has 1 unspecified atom stereocenters. The summed E-state index contributed by atoms with van der Waals surface area (Å²) in [7, 11) is 0. The molecule has 2 rings (SSSR count). The van der Waals surface area contributed by atoms with Crippen LogP contribution in [0.2, 0.25) is 0 Å². The van der Waals surface area contributed by atoms with Crippen molar-refractivity contribution in [3.05, 3.63) is 0 Å². The third kappa shape index (κ3) is 7.66. The molecule has 1 atom stereocenters. The highest BCUT2D eigenvalue weighted by Gasteiger charge is 2.18. The minimum absolute atomic E-state index is 0.508. The van der Waals surface area contributed by atoms with Gasteiger partial charge < -0.3 is 0 Å². The van der Waals surface area contributed by atoms with Crippen molar-refractivity contribution in [3.8, 4) is 0 Å². The zero-order valence-electron chi connectivity index (χ0n) is 14.1. The first-order valence-electron chi connectivity index (χ1n) is 9.98. The fraction of sp³-hybridized carbons (Fsp3) is 1.00. The van der Waals surface area contributed by atoms with Crippen LogP contribution in [0.1, 0.15) is 109 Å². The Kier molecular flexibility index (Phi) is 8.74. The number of halogens is 1. The average Bonchev–Trinajstić information content (AvgIpc) is 2.53. The summed E-state index contributed by atoms with van der Waals surface area (Å²) < 4.78 is 14.0. The molecule has 0 aromatic carbocycles. The number of unbranched alkanes of at least 4 members (excludes halogenated alkanes) is 3. The number of rotatable bonds is 9. The van der Waals surface area contributed by atoms with Crippen LogP contribution in [0.25, 0.3) is 0 Å². The maximum absolute atomic E-state index is 14.0. The highest BCUT2D eigenvalue weighted by Crippen LogP contribution is 2.30. The van der Waals surface area contributed by atoms with E-state index >= 15 is 0 Å². The second-order valence-corrected chi connectivity index (χ2v) is 7.83. The summed E-state index contributed by atoms with van der Waals surface area (Å²) in [5.41, 5.74) is 0. The quantitative estimate of drug-likeness (QED) is 0.394. The van der Waals surface area contributed by atoms with Crippen molar-refractivity contribution < 1.29 is 4.39 Å². The normalized spacial score (nSPS) is 23.3. The third-order valence-electron chi connectivity index (χ3n) is 5.92. The Morgan fingerprint density at radius 3 is 1.90 bits per heavy atom. The lowest BCUT2D eigenvalue weighted by molar-refractivity contribution is 0.216. The first-order chi connectivity index (χ1) is 10.3. The molecule has 0 heterocycles. The predicted molar refractivity (Wildman–Crippen MR) is 90.4 cm³/mol. The zero-order chi connectivity index (χ0) is 14.8. The van der Waals surface area contributed by atoms with Crippen LogP contribution in [0.3, 0.4) is 0 Å². The van der Waals surface area contributed by atoms with Crippen LogP contribution in [0, 0.1) is 11.8 Å². The van der Waals surface area contributed by atoms with Crippen LogP contribution in [0.4, 0.5) is 4.39 Å². The van der Waals surface area contributed by atoms with Crippen LogP contribution in [-0.4, -0.2) is 6.17 Å². The first kappa shape index (κ1) is 17.3. The maximum atomic E-state index is 14.0. The SMILES string of the molecule is FC(CCCCCCC1CCCCC1)CC1CCCCC1. The summed E-state index contributed by atoms with van der Waals surface area (Å²) in [6, 6.07) is 0. The van der Waals surface area contributed by atoms with Crippen LogP contribution in [-0.2, 0) is 0 Å². The van der Waals surface area contributed by atoms with Gasteiger partial charge >= 0.3 is 0 Å². The number of hydrogen-bond acceptors (Lipinski definition) is 0. The molecule has 2 saturated carbocycles. The molecule has 0 saturated heterocycles. The molecule has 0 spiro atoms. The predicted octanol–water partition coefficient (Wildman–Crippen LogP) is 7.22. The van der Waals surface area contributed by atoms with Crippen LogP contribution < -0.4 is 0 Å². The molecular formula is C20H37F. The molecule has 2 fully saturated rings. The molecule has 0 aliphatic heterocycles. The van der Waals surface area contributed by atoms with E-state index < -0.39 is 6.17 Å². The Labute approximate surface area is 132 Å². The van der Waals surface area contributed by atoms with Crippen molar-refractivity contribution in [3.63, 3.8) is 0 Å². The van der Waals surface area contributed by atoms with Crippen molar-refractivity contribution in [1.29, 1.82) is 0 Å². The third-order valence-corrected chi connectivity index (χ3v) is 5.92. The van der Waals surface area contributed by atoms with Crippen LogP contribution in [0.15, 0.2) is 0 Å². The largest absolute Gasteiger partial charge is 0.247 e. The average molecular weight is 297 g/mol. The van der Waals surface area contributed by atoms with E-state index in [0.29, 0.717) is 5.92 Å². The standard InChI is InChI=1S/C20H37F/c21-20(17-19-14-8-4-9-15-19)16-10-2-1-5-11-18-12-6-3-7-13-18/h18-20H,1-17H2. The molecule has 0 radical (unpaired) electrons. The molecule has 21 heavy (non-hydrogen) atoms. The van der Waals surface area contributed by atoms with Gasteiger partial charge in [-0.2, -0.15) is 0 Å². The van der Waals surface area contributed by atoms with Crippen molar-refractivity contribution in [1.82, 2.24) is 0 Å². The van der Waals surface area contributed by atoms with E-state index in [2.05, 4.69) is 0 Å². The van der Waals surface area contributed by atoms with Gasteiger partial charge in [-0.25, -0.2) is 4.39 Å². The molecule has 0 bridgehead atoms.